The number of para-hydroxylation sites is 2. The summed E-state index contributed by atoms with van der Waals surface area (Å²) in [6, 6.07) is 58.8. The van der Waals surface area contributed by atoms with Gasteiger partial charge >= 0.3 is 0 Å². The molecule has 0 radical (unpaired) electrons. The van der Waals surface area contributed by atoms with Crippen LogP contribution in [-0.4, -0.2) is 0 Å². The van der Waals surface area contributed by atoms with E-state index in [2.05, 4.69) is 181 Å². The Morgan fingerprint density at radius 1 is 0.349 bits per heavy atom. The van der Waals surface area contributed by atoms with Crippen LogP contribution in [0.4, 0.5) is 17.1 Å². The molecule has 0 saturated heterocycles. The number of hydrogen-bond donors (Lipinski definition) is 0. The average molecular weight is 548 g/mol. The molecule has 0 aliphatic carbocycles. The molecule has 0 aromatic heterocycles. The summed E-state index contributed by atoms with van der Waals surface area (Å²) in [5.74, 6) is 0. The molecule has 43 heavy (non-hydrogen) atoms. The number of benzene rings is 8. The zero-order chi connectivity index (χ0) is 28.6. The van der Waals surface area contributed by atoms with Crippen molar-refractivity contribution in [2.75, 3.05) is 4.90 Å². The summed E-state index contributed by atoms with van der Waals surface area (Å²) < 4.78 is 0. The first-order valence-corrected chi connectivity index (χ1v) is 14.8. The Labute approximate surface area is 251 Å². The quantitative estimate of drug-likeness (QED) is 0.148. The van der Waals surface area contributed by atoms with Gasteiger partial charge in [0.25, 0.3) is 0 Å². The second-order valence-electron chi connectivity index (χ2n) is 11.0. The summed E-state index contributed by atoms with van der Waals surface area (Å²) in [7, 11) is 0. The van der Waals surface area contributed by atoms with E-state index in [1.54, 1.807) is 0 Å². The zero-order valence-corrected chi connectivity index (χ0v) is 23.7. The molecule has 0 N–H and O–H groups in total. The Morgan fingerprint density at radius 2 is 0.837 bits per heavy atom. The monoisotopic (exact) mass is 547 g/mol. The van der Waals surface area contributed by atoms with E-state index >= 15 is 0 Å². The Bertz CT molecular complexity index is 2140. The molecule has 0 unspecified atom stereocenters. The lowest BCUT2D eigenvalue weighted by molar-refractivity contribution is 1.28. The minimum atomic E-state index is 1.13. The van der Waals surface area contributed by atoms with Crippen molar-refractivity contribution in [3.63, 3.8) is 0 Å². The smallest absolute Gasteiger partial charge is 0.0462 e. The highest BCUT2D eigenvalue weighted by molar-refractivity contribution is 6.25. The van der Waals surface area contributed by atoms with Gasteiger partial charge in [-0.3, -0.25) is 0 Å². The van der Waals surface area contributed by atoms with E-state index < -0.39 is 0 Å². The van der Waals surface area contributed by atoms with Crippen LogP contribution in [0.3, 0.4) is 0 Å². The van der Waals surface area contributed by atoms with Crippen molar-refractivity contribution in [2.45, 2.75) is 0 Å². The maximum Gasteiger partial charge on any atom is 0.0462 e. The first-order valence-electron chi connectivity index (χ1n) is 14.8. The Morgan fingerprint density at radius 3 is 1.44 bits per heavy atom. The molecule has 0 spiro atoms. The van der Waals surface area contributed by atoms with Crippen LogP contribution >= 0.6 is 0 Å². The van der Waals surface area contributed by atoms with Crippen LogP contribution in [0.25, 0.3) is 55.6 Å². The fourth-order valence-corrected chi connectivity index (χ4v) is 6.29. The lowest BCUT2D eigenvalue weighted by Gasteiger charge is -2.25. The second kappa shape index (κ2) is 10.6. The molecule has 8 rings (SSSR count). The van der Waals surface area contributed by atoms with Gasteiger partial charge in [0.1, 0.15) is 0 Å². The minimum Gasteiger partial charge on any atom is -0.311 e. The molecule has 0 atom stereocenters. The maximum absolute atomic E-state index is 2.29. The molecule has 8 aromatic rings. The van der Waals surface area contributed by atoms with Crippen LogP contribution in [-0.2, 0) is 0 Å². The summed E-state index contributed by atoms with van der Waals surface area (Å²) in [5.41, 5.74) is 8.27. The number of nitrogens with zero attached hydrogens (tertiary/aromatic N) is 1. The van der Waals surface area contributed by atoms with Crippen molar-refractivity contribution < 1.29 is 0 Å². The lowest BCUT2D eigenvalue weighted by atomic mass is 9.90. The standard InChI is InChI=1S/C42H29N/c1-3-10-36(11-4-1)43(37-12-5-2-6-13-37)38-26-18-31(19-27-38)15-14-30-16-20-32(21-17-30)39-28-24-35-23-22-33-8-7-9-34-25-29-40(39)42(35)41(33)34/h1-29H. The van der Waals surface area contributed by atoms with Gasteiger partial charge in [-0.15, -0.1) is 0 Å². The van der Waals surface area contributed by atoms with Crippen molar-refractivity contribution in [3.8, 4) is 11.1 Å². The molecular formula is C42H29N. The number of rotatable bonds is 6. The third-order valence-corrected chi connectivity index (χ3v) is 8.40. The minimum absolute atomic E-state index is 1.13. The van der Waals surface area contributed by atoms with Crippen molar-refractivity contribution >= 4 is 61.5 Å². The summed E-state index contributed by atoms with van der Waals surface area (Å²) >= 11 is 0. The van der Waals surface area contributed by atoms with Gasteiger partial charge in [0, 0.05) is 17.1 Å². The van der Waals surface area contributed by atoms with Crippen molar-refractivity contribution in [3.05, 3.63) is 175 Å². The van der Waals surface area contributed by atoms with E-state index in [1.807, 2.05) is 0 Å². The van der Waals surface area contributed by atoms with Gasteiger partial charge in [-0.2, -0.15) is 0 Å². The van der Waals surface area contributed by atoms with Crippen molar-refractivity contribution in [1.29, 1.82) is 0 Å². The third kappa shape index (κ3) is 4.62. The predicted molar refractivity (Wildman–Crippen MR) is 186 cm³/mol. The fourth-order valence-electron chi connectivity index (χ4n) is 6.29. The highest BCUT2D eigenvalue weighted by atomic mass is 15.1. The molecule has 0 aliphatic heterocycles. The lowest BCUT2D eigenvalue weighted by Crippen LogP contribution is -2.09. The van der Waals surface area contributed by atoms with Crippen LogP contribution < -0.4 is 4.90 Å². The molecule has 0 amide bonds. The van der Waals surface area contributed by atoms with Gasteiger partial charge < -0.3 is 4.90 Å². The average Bonchev–Trinajstić information content (AvgIpc) is 3.08. The highest BCUT2D eigenvalue weighted by Gasteiger charge is 2.13. The molecule has 0 heterocycles. The Balaban J connectivity index is 1.07. The van der Waals surface area contributed by atoms with E-state index in [-0.39, 0.29) is 0 Å². The normalized spacial score (nSPS) is 11.6. The Hall–Kier alpha value is -5.66. The number of anilines is 3. The van der Waals surface area contributed by atoms with E-state index in [9.17, 15) is 0 Å². The molecule has 1 nitrogen and oxygen atoms in total. The second-order valence-corrected chi connectivity index (χ2v) is 11.0. The van der Waals surface area contributed by atoms with Gasteiger partial charge in [0.15, 0.2) is 0 Å². The van der Waals surface area contributed by atoms with Gasteiger partial charge in [0.05, 0.1) is 0 Å². The van der Waals surface area contributed by atoms with Crippen molar-refractivity contribution in [2.24, 2.45) is 0 Å². The number of hydrogen-bond acceptors (Lipinski definition) is 1. The maximum atomic E-state index is 2.29. The molecule has 8 aromatic carbocycles. The van der Waals surface area contributed by atoms with Gasteiger partial charge in [0.2, 0.25) is 0 Å². The Kier molecular flexibility index (Phi) is 6.20. The van der Waals surface area contributed by atoms with Crippen LogP contribution in [0.15, 0.2) is 164 Å². The SMILES string of the molecule is C(=Cc1ccc(N(c2ccccc2)c2ccccc2)cc1)c1ccc(-c2ccc3ccc4cccc5ccc2c3c45)cc1. The predicted octanol–water partition coefficient (Wildman–Crippen LogP) is 11.9. The summed E-state index contributed by atoms with van der Waals surface area (Å²) in [6.45, 7) is 0. The third-order valence-electron chi connectivity index (χ3n) is 8.40. The molecule has 202 valence electrons. The molecule has 0 aliphatic rings. The van der Waals surface area contributed by atoms with E-state index in [1.165, 1.54) is 54.6 Å². The molecule has 0 bridgehead atoms. The molecule has 0 saturated carbocycles. The first-order chi connectivity index (χ1) is 21.3. The van der Waals surface area contributed by atoms with E-state index in [0.717, 1.165) is 17.1 Å². The van der Waals surface area contributed by atoms with Crippen LogP contribution in [0.5, 0.6) is 0 Å². The highest BCUT2D eigenvalue weighted by Crippen LogP contribution is 2.39. The van der Waals surface area contributed by atoms with Crippen LogP contribution in [0.1, 0.15) is 11.1 Å². The van der Waals surface area contributed by atoms with Gasteiger partial charge in [-0.25, -0.2) is 0 Å². The summed E-state index contributed by atoms with van der Waals surface area (Å²) in [5, 5.41) is 7.93. The summed E-state index contributed by atoms with van der Waals surface area (Å²) in [6.07, 6.45) is 4.37. The van der Waals surface area contributed by atoms with Crippen LogP contribution in [0, 0.1) is 0 Å². The zero-order valence-electron chi connectivity index (χ0n) is 23.7. The molecular weight excluding hydrogens is 518 g/mol. The van der Waals surface area contributed by atoms with E-state index in [4.69, 9.17) is 0 Å². The van der Waals surface area contributed by atoms with Gasteiger partial charge in [-0.05, 0) is 91.0 Å². The largest absolute Gasteiger partial charge is 0.311 e. The fraction of sp³-hybridized carbons (Fsp3) is 0. The molecule has 0 fully saturated rings. The first kappa shape index (κ1) is 25.1. The van der Waals surface area contributed by atoms with E-state index in [0.29, 0.717) is 0 Å². The summed E-state index contributed by atoms with van der Waals surface area (Å²) in [4.78, 5) is 2.28. The van der Waals surface area contributed by atoms with Gasteiger partial charge in [-0.1, -0.05) is 140 Å². The van der Waals surface area contributed by atoms with Crippen LogP contribution in [0.2, 0.25) is 0 Å². The van der Waals surface area contributed by atoms with Crippen molar-refractivity contribution in [1.82, 2.24) is 0 Å². The topological polar surface area (TPSA) is 3.24 Å². The molecule has 1 heteroatoms.